The number of sulfone groups is 1. The van der Waals surface area contributed by atoms with Gasteiger partial charge in [-0.15, -0.1) is 0 Å². The smallest absolute Gasteiger partial charge is 0.243 e. The fourth-order valence-corrected chi connectivity index (χ4v) is 6.18. The van der Waals surface area contributed by atoms with Gasteiger partial charge in [0.2, 0.25) is 10.0 Å². The van der Waals surface area contributed by atoms with E-state index < -0.39 is 25.9 Å². The van der Waals surface area contributed by atoms with E-state index in [2.05, 4.69) is 0 Å². The maximum absolute atomic E-state index is 13.0. The lowest BCUT2D eigenvalue weighted by Gasteiger charge is -2.28. The molecule has 0 amide bonds. The minimum Gasteiger partial charge on any atom is -0.308 e. The second kappa shape index (κ2) is 7.19. The molecule has 1 aromatic rings. The summed E-state index contributed by atoms with van der Waals surface area (Å²) >= 11 is 0. The first-order chi connectivity index (χ1) is 11.2. The molecule has 0 radical (unpaired) electrons. The Kier molecular flexibility index (Phi) is 5.65. The highest BCUT2D eigenvalue weighted by molar-refractivity contribution is 7.92. The van der Waals surface area contributed by atoms with Crippen molar-refractivity contribution in [3.05, 3.63) is 29.8 Å². The largest absolute Gasteiger partial charge is 0.308 e. The monoisotopic (exact) mass is 371 g/mol. The van der Waals surface area contributed by atoms with Crippen molar-refractivity contribution in [3.63, 3.8) is 0 Å². The van der Waals surface area contributed by atoms with Gasteiger partial charge >= 0.3 is 0 Å². The summed E-state index contributed by atoms with van der Waals surface area (Å²) in [5, 5.41) is 8.98. The zero-order valence-electron chi connectivity index (χ0n) is 13.7. The highest BCUT2D eigenvalue weighted by atomic mass is 32.2. The third-order valence-corrected chi connectivity index (χ3v) is 7.65. The Bertz CT molecular complexity index is 842. The quantitative estimate of drug-likeness (QED) is 0.713. The van der Waals surface area contributed by atoms with Crippen LogP contribution in [0.1, 0.15) is 12.0 Å². The molecule has 0 spiro atoms. The first-order valence-electron chi connectivity index (χ1n) is 7.53. The molecule has 24 heavy (non-hydrogen) atoms. The SMILES string of the molecule is CN(C)CCN([C@@H]1CCS(=O)(=O)C1)S(=O)(=O)c1cccc(C#N)c1. The molecular formula is C15H21N3O4S2. The van der Waals surface area contributed by atoms with E-state index in [0.29, 0.717) is 13.0 Å². The summed E-state index contributed by atoms with van der Waals surface area (Å²) in [4.78, 5) is 1.86. The standard InChI is InChI=1S/C15H21N3O4S2/c1-17(2)7-8-18(14-6-9-23(19,20)12-14)24(21,22)15-5-3-4-13(10-15)11-16/h3-5,10,14H,6-9,12H2,1-2H3/t14-/m1/s1. The van der Waals surface area contributed by atoms with Gasteiger partial charge in [0.1, 0.15) is 0 Å². The minimum atomic E-state index is -3.87. The molecule has 1 saturated heterocycles. The van der Waals surface area contributed by atoms with Gasteiger partial charge in [0.05, 0.1) is 28.0 Å². The number of hydrogen-bond donors (Lipinski definition) is 0. The minimum absolute atomic E-state index is 0.00386. The summed E-state index contributed by atoms with van der Waals surface area (Å²) in [5.41, 5.74) is 0.252. The fourth-order valence-electron chi connectivity index (χ4n) is 2.66. The Hall–Kier alpha value is -1.47. The van der Waals surface area contributed by atoms with E-state index in [4.69, 9.17) is 5.26 Å². The van der Waals surface area contributed by atoms with Gasteiger partial charge in [0.25, 0.3) is 0 Å². The molecule has 1 heterocycles. The molecule has 0 bridgehead atoms. The third kappa shape index (κ3) is 4.33. The van der Waals surface area contributed by atoms with E-state index in [9.17, 15) is 16.8 Å². The van der Waals surface area contributed by atoms with Gasteiger partial charge < -0.3 is 4.90 Å². The molecule has 0 saturated carbocycles. The van der Waals surface area contributed by atoms with Gasteiger partial charge in [-0.1, -0.05) is 6.07 Å². The van der Waals surface area contributed by atoms with Crippen LogP contribution >= 0.6 is 0 Å². The third-order valence-electron chi connectivity index (χ3n) is 3.95. The predicted octanol–water partition coefficient (Wildman–Crippen LogP) is 0.298. The van der Waals surface area contributed by atoms with Crippen LogP contribution in [-0.4, -0.2) is 70.8 Å². The number of hydrogen-bond acceptors (Lipinski definition) is 6. The average molecular weight is 371 g/mol. The number of nitriles is 1. The van der Waals surface area contributed by atoms with Gasteiger partial charge in [-0.05, 0) is 38.7 Å². The summed E-state index contributed by atoms with van der Waals surface area (Å²) in [5.74, 6) is -0.151. The average Bonchev–Trinajstić information content (AvgIpc) is 2.86. The van der Waals surface area contributed by atoms with Gasteiger partial charge in [-0.3, -0.25) is 0 Å². The maximum atomic E-state index is 13.0. The molecular weight excluding hydrogens is 350 g/mol. The van der Waals surface area contributed by atoms with Crippen molar-refractivity contribution in [1.82, 2.24) is 9.21 Å². The molecule has 1 aromatic carbocycles. The van der Waals surface area contributed by atoms with Crippen molar-refractivity contribution in [2.75, 3.05) is 38.7 Å². The van der Waals surface area contributed by atoms with Gasteiger partial charge in [-0.2, -0.15) is 9.57 Å². The molecule has 1 aliphatic rings. The van der Waals surface area contributed by atoms with Crippen LogP contribution in [0.25, 0.3) is 0 Å². The lowest BCUT2D eigenvalue weighted by Crippen LogP contribution is -2.44. The lowest BCUT2D eigenvalue weighted by molar-refractivity contribution is 0.293. The summed E-state index contributed by atoms with van der Waals surface area (Å²) in [6, 6.07) is 7.16. The molecule has 7 nitrogen and oxygen atoms in total. The van der Waals surface area contributed by atoms with Crippen LogP contribution in [0.15, 0.2) is 29.2 Å². The molecule has 0 aliphatic carbocycles. The first kappa shape index (κ1) is 18.9. The van der Waals surface area contributed by atoms with Crippen molar-refractivity contribution in [2.45, 2.75) is 17.4 Å². The van der Waals surface area contributed by atoms with Crippen LogP contribution in [0.4, 0.5) is 0 Å². The molecule has 1 fully saturated rings. The van der Waals surface area contributed by atoms with Crippen LogP contribution in [-0.2, 0) is 19.9 Å². The van der Waals surface area contributed by atoms with E-state index in [-0.39, 0.29) is 28.5 Å². The van der Waals surface area contributed by atoms with Crippen molar-refractivity contribution >= 4 is 19.9 Å². The van der Waals surface area contributed by atoms with E-state index in [1.165, 1.54) is 28.6 Å². The second-order valence-electron chi connectivity index (χ2n) is 6.12. The van der Waals surface area contributed by atoms with Gasteiger partial charge in [-0.25, -0.2) is 16.8 Å². The summed E-state index contributed by atoms with van der Waals surface area (Å²) in [6.07, 6.45) is 0.299. The van der Waals surface area contributed by atoms with Crippen LogP contribution in [0.2, 0.25) is 0 Å². The van der Waals surface area contributed by atoms with E-state index in [1.54, 1.807) is 0 Å². The predicted molar refractivity (Wildman–Crippen MR) is 90.7 cm³/mol. The number of sulfonamides is 1. The fraction of sp³-hybridized carbons (Fsp3) is 0.533. The normalized spacial score (nSPS) is 20.4. The summed E-state index contributed by atoms with van der Waals surface area (Å²) in [7, 11) is -3.43. The topological polar surface area (TPSA) is 98.6 Å². The number of likely N-dealkylation sites (N-methyl/N-ethyl adjacent to an activating group) is 1. The molecule has 9 heteroatoms. The molecule has 1 atom stereocenters. The number of nitrogens with zero attached hydrogens (tertiary/aromatic N) is 3. The van der Waals surface area contributed by atoms with Crippen LogP contribution in [0.3, 0.4) is 0 Å². The van der Waals surface area contributed by atoms with E-state index >= 15 is 0 Å². The summed E-state index contributed by atoms with van der Waals surface area (Å²) < 4.78 is 50.8. The second-order valence-corrected chi connectivity index (χ2v) is 10.2. The molecule has 0 unspecified atom stereocenters. The van der Waals surface area contributed by atoms with E-state index in [0.717, 1.165) is 0 Å². The molecule has 2 rings (SSSR count). The lowest BCUT2D eigenvalue weighted by atomic mass is 10.2. The Labute approximate surface area is 143 Å². The first-order valence-corrected chi connectivity index (χ1v) is 10.8. The zero-order valence-corrected chi connectivity index (χ0v) is 15.3. The Morgan fingerprint density at radius 3 is 2.54 bits per heavy atom. The highest BCUT2D eigenvalue weighted by Crippen LogP contribution is 2.25. The summed E-state index contributed by atoms with van der Waals surface area (Å²) in [6.45, 7) is 0.681. The Morgan fingerprint density at radius 1 is 1.29 bits per heavy atom. The molecule has 0 N–H and O–H groups in total. The highest BCUT2D eigenvalue weighted by Gasteiger charge is 2.38. The van der Waals surface area contributed by atoms with Crippen molar-refractivity contribution in [3.8, 4) is 6.07 Å². The van der Waals surface area contributed by atoms with Gasteiger partial charge in [0, 0.05) is 19.1 Å². The van der Waals surface area contributed by atoms with Crippen molar-refractivity contribution in [1.29, 1.82) is 5.26 Å². The zero-order chi connectivity index (χ0) is 18.0. The molecule has 0 aromatic heterocycles. The number of rotatable bonds is 6. The van der Waals surface area contributed by atoms with E-state index in [1.807, 2.05) is 25.1 Å². The Balaban J connectivity index is 2.39. The molecule has 132 valence electrons. The van der Waals surface area contributed by atoms with Crippen LogP contribution in [0.5, 0.6) is 0 Å². The number of benzene rings is 1. The van der Waals surface area contributed by atoms with Crippen LogP contribution < -0.4 is 0 Å². The van der Waals surface area contributed by atoms with Crippen LogP contribution in [0, 0.1) is 11.3 Å². The Morgan fingerprint density at radius 2 is 2.00 bits per heavy atom. The molecule has 1 aliphatic heterocycles. The van der Waals surface area contributed by atoms with Gasteiger partial charge in [0.15, 0.2) is 9.84 Å². The maximum Gasteiger partial charge on any atom is 0.243 e. The van der Waals surface area contributed by atoms with Crippen molar-refractivity contribution in [2.24, 2.45) is 0 Å². The van der Waals surface area contributed by atoms with Crippen molar-refractivity contribution < 1.29 is 16.8 Å².